The SMILES string of the molecule is Cc1ccc(NC(=O)CNc2ccc(C(=O)N3CCCCCC3)cc2)c(C)c1. The predicted molar refractivity (Wildman–Crippen MR) is 114 cm³/mol. The number of anilines is 2. The summed E-state index contributed by atoms with van der Waals surface area (Å²) in [7, 11) is 0. The minimum absolute atomic E-state index is 0.0982. The first kappa shape index (κ1) is 19.9. The van der Waals surface area contributed by atoms with Crippen molar-refractivity contribution in [1.82, 2.24) is 4.90 Å². The molecule has 1 fully saturated rings. The maximum Gasteiger partial charge on any atom is 0.253 e. The fourth-order valence-electron chi connectivity index (χ4n) is 3.52. The molecule has 0 aliphatic carbocycles. The maximum atomic E-state index is 12.6. The van der Waals surface area contributed by atoms with Gasteiger partial charge in [-0.2, -0.15) is 0 Å². The first-order valence-electron chi connectivity index (χ1n) is 10.0. The van der Waals surface area contributed by atoms with Gasteiger partial charge in [-0.25, -0.2) is 0 Å². The molecule has 1 heterocycles. The molecule has 0 unspecified atom stereocenters. The van der Waals surface area contributed by atoms with Crippen molar-refractivity contribution in [3.63, 3.8) is 0 Å². The zero-order valence-electron chi connectivity index (χ0n) is 16.8. The smallest absolute Gasteiger partial charge is 0.253 e. The fourth-order valence-corrected chi connectivity index (χ4v) is 3.52. The van der Waals surface area contributed by atoms with E-state index in [1.165, 1.54) is 18.4 Å². The Labute approximate surface area is 167 Å². The summed E-state index contributed by atoms with van der Waals surface area (Å²) >= 11 is 0. The fraction of sp³-hybridized carbons (Fsp3) is 0.391. The van der Waals surface area contributed by atoms with E-state index in [2.05, 4.69) is 10.6 Å². The lowest BCUT2D eigenvalue weighted by atomic mass is 10.1. The summed E-state index contributed by atoms with van der Waals surface area (Å²) < 4.78 is 0. The van der Waals surface area contributed by atoms with Gasteiger partial charge in [-0.15, -0.1) is 0 Å². The van der Waals surface area contributed by atoms with E-state index >= 15 is 0 Å². The van der Waals surface area contributed by atoms with Crippen LogP contribution < -0.4 is 10.6 Å². The van der Waals surface area contributed by atoms with Gasteiger partial charge in [-0.05, 0) is 62.6 Å². The van der Waals surface area contributed by atoms with Crippen molar-refractivity contribution in [1.29, 1.82) is 0 Å². The molecule has 3 rings (SSSR count). The monoisotopic (exact) mass is 379 g/mol. The van der Waals surface area contributed by atoms with E-state index in [0.29, 0.717) is 5.56 Å². The van der Waals surface area contributed by atoms with E-state index in [-0.39, 0.29) is 18.4 Å². The van der Waals surface area contributed by atoms with Crippen LogP contribution >= 0.6 is 0 Å². The second-order valence-electron chi connectivity index (χ2n) is 7.50. The molecule has 1 saturated heterocycles. The number of hydrogen-bond acceptors (Lipinski definition) is 3. The number of hydrogen-bond donors (Lipinski definition) is 2. The number of aryl methyl sites for hydroxylation is 2. The minimum atomic E-state index is -0.100. The van der Waals surface area contributed by atoms with Gasteiger partial charge in [0.05, 0.1) is 6.54 Å². The molecule has 1 aliphatic rings. The van der Waals surface area contributed by atoms with Crippen LogP contribution in [0.1, 0.15) is 47.2 Å². The topological polar surface area (TPSA) is 61.4 Å². The lowest BCUT2D eigenvalue weighted by Gasteiger charge is -2.20. The van der Waals surface area contributed by atoms with E-state index in [1.54, 1.807) is 0 Å². The van der Waals surface area contributed by atoms with Crippen molar-refractivity contribution < 1.29 is 9.59 Å². The van der Waals surface area contributed by atoms with Crippen LogP contribution in [-0.4, -0.2) is 36.3 Å². The number of carbonyl (C=O) groups is 2. The van der Waals surface area contributed by atoms with Crippen LogP contribution in [0.15, 0.2) is 42.5 Å². The summed E-state index contributed by atoms with van der Waals surface area (Å²) in [4.78, 5) is 26.8. The van der Waals surface area contributed by atoms with Crippen LogP contribution in [0.5, 0.6) is 0 Å². The quantitative estimate of drug-likeness (QED) is 0.811. The second kappa shape index (κ2) is 9.40. The highest BCUT2D eigenvalue weighted by molar-refractivity contribution is 5.95. The van der Waals surface area contributed by atoms with Crippen molar-refractivity contribution >= 4 is 23.2 Å². The highest BCUT2D eigenvalue weighted by atomic mass is 16.2. The molecular formula is C23H29N3O2. The Morgan fingerprint density at radius 1 is 0.929 bits per heavy atom. The third-order valence-electron chi connectivity index (χ3n) is 5.13. The zero-order chi connectivity index (χ0) is 19.9. The standard InChI is InChI=1S/C23H29N3O2/c1-17-7-12-21(18(2)15-17)25-22(27)16-24-20-10-8-19(9-11-20)23(28)26-13-5-3-4-6-14-26/h7-12,15,24H,3-6,13-14,16H2,1-2H3,(H,25,27). The van der Waals surface area contributed by atoms with Crippen LogP contribution in [0.25, 0.3) is 0 Å². The normalized spacial score (nSPS) is 14.3. The highest BCUT2D eigenvalue weighted by Crippen LogP contribution is 2.17. The molecule has 5 heteroatoms. The summed E-state index contributed by atoms with van der Waals surface area (Å²) in [5, 5.41) is 6.04. The second-order valence-corrected chi connectivity index (χ2v) is 7.50. The molecule has 0 bridgehead atoms. The summed E-state index contributed by atoms with van der Waals surface area (Å²) in [6.45, 7) is 5.87. The number of benzene rings is 2. The molecule has 148 valence electrons. The molecule has 2 aromatic rings. The van der Waals surface area contributed by atoms with Crippen LogP contribution in [0.3, 0.4) is 0 Å². The Balaban J connectivity index is 1.52. The molecule has 0 saturated carbocycles. The first-order chi connectivity index (χ1) is 13.5. The number of amides is 2. The number of carbonyl (C=O) groups excluding carboxylic acids is 2. The summed E-state index contributed by atoms with van der Waals surface area (Å²) in [6.07, 6.45) is 4.58. The van der Waals surface area contributed by atoms with Gasteiger partial charge < -0.3 is 15.5 Å². The third kappa shape index (κ3) is 5.35. The predicted octanol–water partition coefficient (Wildman–Crippen LogP) is 4.37. The van der Waals surface area contributed by atoms with Crippen LogP contribution in [0.2, 0.25) is 0 Å². The van der Waals surface area contributed by atoms with E-state index in [1.807, 2.05) is 61.2 Å². The third-order valence-corrected chi connectivity index (χ3v) is 5.13. The molecule has 2 N–H and O–H groups in total. The van der Waals surface area contributed by atoms with E-state index < -0.39 is 0 Å². The first-order valence-corrected chi connectivity index (χ1v) is 10.0. The van der Waals surface area contributed by atoms with Gasteiger partial charge in [-0.3, -0.25) is 9.59 Å². The largest absolute Gasteiger partial charge is 0.376 e. The summed E-state index contributed by atoms with van der Waals surface area (Å²) in [6, 6.07) is 13.3. The highest BCUT2D eigenvalue weighted by Gasteiger charge is 2.17. The van der Waals surface area contributed by atoms with Gasteiger partial charge in [0.2, 0.25) is 5.91 Å². The van der Waals surface area contributed by atoms with Gasteiger partial charge >= 0.3 is 0 Å². The Bertz CT molecular complexity index is 822. The number of nitrogens with one attached hydrogen (secondary N) is 2. The zero-order valence-corrected chi connectivity index (χ0v) is 16.8. The summed E-state index contributed by atoms with van der Waals surface area (Å²) in [5.41, 5.74) is 4.57. The van der Waals surface area contributed by atoms with Gasteiger partial charge in [0.15, 0.2) is 0 Å². The van der Waals surface area contributed by atoms with Crippen molar-refractivity contribution in [3.05, 3.63) is 59.2 Å². The summed E-state index contributed by atoms with van der Waals surface area (Å²) in [5.74, 6) is -0.00212. The molecular weight excluding hydrogens is 350 g/mol. The van der Waals surface area contributed by atoms with Crippen molar-refractivity contribution in [3.8, 4) is 0 Å². The molecule has 2 aromatic carbocycles. The number of nitrogens with zero attached hydrogens (tertiary/aromatic N) is 1. The Hall–Kier alpha value is -2.82. The Morgan fingerprint density at radius 2 is 1.61 bits per heavy atom. The average molecular weight is 380 g/mol. The molecule has 0 spiro atoms. The van der Waals surface area contributed by atoms with Gasteiger partial charge in [0.1, 0.15) is 0 Å². The van der Waals surface area contributed by atoms with Gasteiger partial charge in [0, 0.05) is 30.0 Å². The number of rotatable bonds is 5. The molecule has 0 atom stereocenters. The molecule has 28 heavy (non-hydrogen) atoms. The Morgan fingerprint density at radius 3 is 2.25 bits per heavy atom. The molecule has 1 aliphatic heterocycles. The van der Waals surface area contributed by atoms with Crippen LogP contribution in [0, 0.1) is 13.8 Å². The van der Waals surface area contributed by atoms with Crippen molar-refractivity contribution in [2.75, 3.05) is 30.3 Å². The van der Waals surface area contributed by atoms with Gasteiger partial charge in [-0.1, -0.05) is 30.5 Å². The minimum Gasteiger partial charge on any atom is -0.376 e. The van der Waals surface area contributed by atoms with E-state index in [9.17, 15) is 9.59 Å². The van der Waals surface area contributed by atoms with Crippen molar-refractivity contribution in [2.45, 2.75) is 39.5 Å². The molecule has 0 radical (unpaired) electrons. The lowest BCUT2D eigenvalue weighted by Crippen LogP contribution is -2.31. The lowest BCUT2D eigenvalue weighted by molar-refractivity contribution is -0.114. The van der Waals surface area contributed by atoms with E-state index in [4.69, 9.17) is 0 Å². The van der Waals surface area contributed by atoms with E-state index in [0.717, 1.165) is 42.9 Å². The van der Waals surface area contributed by atoms with Crippen LogP contribution in [-0.2, 0) is 4.79 Å². The molecule has 5 nitrogen and oxygen atoms in total. The Kier molecular flexibility index (Phi) is 6.69. The molecule has 0 aromatic heterocycles. The molecule has 2 amide bonds. The van der Waals surface area contributed by atoms with Gasteiger partial charge in [0.25, 0.3) is 5.91 Å². The number of likely N-dealkylation sites (tertiary alicyclic amines) is 1. The van der Waals surface area contributed by atoms with Crippen LogP contribution in [0.4, 0.5) is 11.4 Å². The average Bonchev–Trinajstić information content (AvgIpc) is 2.98. The van der Waals surface area contributed by atoms with Crippen molar-refractivity contribution in [2.24, 2.45) is 0 Å². The maximum absolute atomic E-state index is 12.6.